The number of anilines is 1. The standard InChI is InChI=1S/C25H24N2O/c1-3-9-19(10-4-1)24(20-11-5-2-6-12-20)27-16-8-14-21-13-7-15-23(25(21)27)28-22-17-26-18-22/h1-15,22,24,26H,16-18H2. The van der Waals surface area contributed by atoms with Gasteiger partial charge < -0.3 is 15.0 Å². The van der Waals surface area contributed by atoms with Crippen molar-refractivity contribution in [2.45, 2.75) is 12.1 Å². The van der Waals surface area contributed by atoms with Crippen molar-refractivity contribution >= 4 is 11.8 Å². The summed E-state index contributed by atoms with van der Waals surface area (Å²) in [6, 6.07) is 28.0. The van der Waals surface area contributed by atoms with Crippen molar-refractivity contribution in [3.05, 3.63) is 102 Å². The third kappa shape index (κ3) is 3.19. The van der Waals surface area contributed by atoms with E-state index in [0.717, 1.165) is 25.4 Å². The van der Waals surface area contributed by atoms with Gasteiger partial charge in [-0.2, -0.15) is 0 Å². The zero-order valence-electron chi connectivity index (χ0n) is 15.8. The molecule has 1 saturated heterocycles. The summed E-state index contributed by atoms with van der Waals surface area (Å²) in [5.74, 6) is 0.977. The number of ether oxygens (including phenoxy) is 1. The van der Waals surface area contributed by atoms with Crippen LogP contribution in [0.15, 0.2) is 84.9 Å². The Morgan fingerprint density at radius 3 is 2.11 bits per heavy atom. The first-order valence-corrected chi connectivity index (χ1v) is 9.93. The first-order chi connectivity index (χ1) is 13.9. The molecule has 2 heterocycles. The molecule has 0 radical (unpaired) electrons. The summed E-state index contributed by atoms with van der Waals surface area (Å²) in [6.45, 7) is 2.69. The van der Waals surface area contributed by atoms with E-state index < -0.39 is 0 Å². The van der Waals surface area contributed by atoms with Crippen LogP contribution >= 0.6 is 0 Å². The SMILES string of the molecule is C1=Cc2cccc(OC3CNC3)c2N(C(c2ccccc2)c2ccccc2)C1. The Bertz CT molecular complexity index is 925. The number of hydrogen-bond acceptors (Lipinski definition) is 3. The third-order valence-electron chi connectivity index (χ3n) is 5.50. The molecule has 3 nitrogen and oxygen atoms in total. The van der Waals surface area contributed by atoms with E-state index >= 15 is 0 Å². The van der Waals surface area contributed by atoms with Crippen LogP contribution in [0.1, 0.15) is 22.7 Å². The number of hydrogen-bond donors (Lipinski definition) is 1. The zero-order valence-corrected chi connectivity index (χ0v) is 15.8. The molecule has 2 aliphatic heterocycles. The highest BCUT2D eigenvalue weighted by molar-refractivity contribution is 5.78. The lowest BCUT2D eigenvalue weighted by molar-refractivity contribution is 0.142. The van der Waals surface area contributed by atoms with Crippen molar-refractivity contribution in [2.24, 2.45) is 0 Å². The summed E-state index contributed by atoms with van der Waals surface area (Å²) in [4.78, 5) is 2.47. The molecule has 0 amide bonds. The topological polar surface area (TPSA) is 24.5 Å². The molecular formula is C25H24N2O. The molecule has 2 aliphatic rings. The van der Waals surface area contributed by atoms with Crippen LogP contribution in [0, 0.1) is 0 Å². The second-order valence-corrected chi connectivity index (χ2v) is 7.37. The van der Waals surface area contributed by atoms with Crippen molar-refractivity contribution in [1.29, 1.82) is 0 Å². The monoisotopic (exact) mass is 368 g/mol. The van der Waals surface area contributed by atoms with Gasteiger partial charge in [-0.3, -0.25) is 0 Å². The largest absolute Gasteiger partial charge is 0.486 e. The van der Waals surface area contributed by atoms with Crippen molar-refractivity contribution in [2.75, 3.05) is 24.5 Å². The lowest BCUT2D eigenvalue weighted by Crippen LogP contribution is -2.50. The van der Waals surface area contributed by atoms with E-state index in [-0.39, 0.29) is 12.1 Å². The van der Waals surface area contributed by atoms with Crippen molar-refractivity contribution in [3.63, 3.8) is 0 Å². The smallest absolute Gasteiger partial charge is 0.143 e. The number of para-hydroxylation sites is 1. The molecule has 0 unspecified atom stereocenters. The van der Waals surface area contributed by atoms with Crippen LogP contribution < -0.4 is 15.0 Å². The molecule has 1 N–H and O–H groups in total. The number of nitrogens with zero attached hydrogens (tertiary/aromatic N) is 1. The Labute approximate surface area is 166 Å². The Kier molecular flexibility index (Phi) is 4.59. The third-order valence-corrected chi connectivity index (χ3v) is 5.50. The Hall–Kier alpha value is -3.04. The van der Waals surface area contributed by atoms with Crippen LogP contribution in [-0.4, -0.2) is 25.7 Å². The fraction of sp³-hybridized carbons (Fsp3) is 0.200. The van der Waals surface area contributed by atoms with Crippen LogP contribution in [0.25, 0.3) is 6.08 Å². The maximum Gasteiger partial charge on any atom is 0.143 e. The lowest BCUT2D eigenvalue weighted by Gasteiger charge is -2.39. The van der Waals surface area contributed by atoms with Gasteiger partial charge in [-0.05, 0) is 17.2 Å². The quantitative estimate of drug-likeness (QED) is 0.709. The molecule has 0 atom stereocenters. The minimum atomic E-state index is 0.135. The zero-order chi connectivity index (χ0) is 18.8. The van der Waals surface area contributed by atoms with Crippen LogP contribution in [0.2, 0.25) is 0 Å². The van der Waals surface area contributed by atoms with E-state index in [1.807, 2.05) is 0 Å². The highest BCUT2D eigenvalue weighted by Crippen LogP contribution is 2.42. The van der Waals surface area contributed by atoms with Crippen molar-refractivity contribution in [1.82, 2.24) is 5.32 Å². The first-order valence-electron chi connectivity index (χ1n) is 9.93. The Balaban J connectivity index is 1.62. The fourth-order valence-electron chi connectivity index (χ4n) is 4.04. The van der Waals surface area contributed by atoms with E-state index in [0.29, 0.717) is 0 Å². The van der Waals surface area contributed by atoms with E-state index in [2.05, 4.69) is 101 Å². The summed E-state index contributed by atoms with van der Waals surface area (Å²) in [7, 11) is 0. The normalized spacial score (nSPS) is 16.0. The highest BCUT2D eigenvalue weighted by Gasteiger charge is 2.29. The highest BCUT2D eigenvalue weighted by atomic mass is 16.5. The van der Waals surface area contributed by atoms with Crippen LogP contribution in [0.3, 0.4) is 0 Å². The van der Waals surface area contributed by atoms with Gasteiger partial charge in [0, 0.05) is 25.2 Å². The number of benzene rings is 3. The van der Waals surface area contributed by atoms with Gasteiger partial charge in [-0.25, -0.2) is 0 Å². The number of fused-ring (bicyclic) bond motifs is 1. The second kappa shape index (κ2) is 7.53. The molecule has 1 fully saturated rings. The molecule has 0 aliphatic carbocycles. The minimum absolute atomic E-state index is 0.135. The Morgan fingerprint density at radius 2 is 1.50 bits per heavy atom. The molecule has 3 aromatic carbocycles. The fourth-order valence-corrected chi connectivity index (χ4v) is 4.04. The van der Waals surface area contributed by atoms with Crippen molar-refractivity contribution < 1.29 is 4.74 Å². The van der Waals surface area contributed by atoms with Gasteiger partial charge in [-0.1, -0.05) is 84.9 Å². The van der Waals surface area contributed by atoms with Gasteiger partial charge in [-0.15, -0.1) is 0 Å². The molecule has 0 saturated carbocycles. The van der Waals surface area contributed by atoms with Gasteiger partial charge in [0.25, 0.3) is 0 Å². The van der Waals surface area contributed by atoms with Gasteiger partial charge in [0.15, 0.2) is 0 Å². The van der Waals surface area contributed by atoms with Gasteiger partial charge >= 0.3 is 0 Å². The van der Waals surface area contributed by atoms with Gasteiger partial charge in [0.2, 0.25) is 0 Å². The van der Waals surface area contributed by atoms with E-state index in [4.69, 9.17) is 4.74 Å². The summed E-state index contributed by atoms with van der Waals surface area (Å²) in [6.07, 6.45) is 4.71. The average molecular weight is 368 g/mol. The molecule has 28 heavy (non-hydrogen) atoms. The predicted octanol–water partition coefficient (Wildman–Crippen LogP) is 4.66. The van der Waals surface area contributed by atoms with E-state index in [1.54, 1.807) is 0 Å². The average Bonchev–Trinajstić information content (AvgIpc) is 2.73. The van der Waals surface area contributed by atoms with Crippen LogP contribution in [0.4, 0.5) is 5.69 Å². The summed E-state index contributed by atoms with van der Waals surface area (Å²) < 4.78 is 6.36. The summed E-state index contributed by atoms with van der Waals surface area (Å²) in [5, 5.41) is 3.29. The van der Waals surface area contributed by atoms with Gasteiger partial charge in [0.05, 0.1) is 11.7 Å². The first kappa shape index (κ1) is 17.1. The molecule has 3 aromatic rings. The van der Waals surface area contributed by atoms with Crippen molar-refractivity contribution in [3.8, 4) is 5.75 Å². The van der Waals surface area contributed by atoms with E-state index in [1.165, 1.54) is 22.4 Å². The van der Waals surface area contributed by atoms with Crippen LogP contribution in [-0.2, 0) is 0 Å². The molecule has 140 valence electrons. The second-order valence-electron chi connectivity index (χ2n) is 7.37. The molecule has 0 bridgehead atoms. The number of rotatable bonds is 5. The van der Waals surface area contributed by atoms with E-state index in [9.17, 15) is 0 Å². The van der Waals surface area contributed by atoms with Crippen LogP contribution in [0.5, 0.6) is 5.75 Å². The maximum atomic E-state index is 6.36. The molecule has 3 heteroatoms. The molecule has 0 aromatic heterocycles. The maximum absolute atomic E-state index is 6.36. The molecular weight excluding hydrogens is 344 g/mol. The predicted molar refractivity (Wildman–Crippen MR) is 115 cm³/mol. The molecule has 5 rings (SSSR count). The number of nitrogens with one attached hydrogen (secondary N) is 1. The summed E-state index contributed by atoms with van der Waals surface area (Å²) >= 11 is 0. The molecule has 0 spiro atoms. The summed E-state index contributed by atoms with van der Waals surface area (Å²) in [5.41, 5.74) is 4.98. The minimum Gasteiger partial charge on any atom is -0.486 e. The van der Waals surface area contributed by atoms with Gasteiger partial charge in [0.1, 0.15) is 11.9 Å². The lowest BCUT2D eigenvalue weighted by atomic mass is 9.94. The Morgan fingerprint density at radius 1 is 0.821 bits per heavy atom.